The molecule has 0 radical (unpaired) electrons. The smallest absolute Gasteiger partial charge is 0.130 e. The van der Waals surface area contributed by atoms with Crippen LogP contribution in [0.2, 0.25) is 0 Å². The Labute approximate surface area is 95.6 Å². The molecule has 2 rings (SSSR count). The molecule has 88 valence electrons. The lowest BCUT2D eigenvalue weighted by molar-refractivity contribution is 0.405. The second kappa shape index (κ2) is 4.06. The van der Waals surface area contributed by atoms with Crippen LogP contribution in [0.1, 0.15) is 31.7 Å². The van der Waals surface area contributed by atoms with Gasteiger partial charge < -0.3 is 10.5 Å². The highest BCUT2D eigenvalue weighted by molar-refractivity contribution is 5.34. The number of ether oxygens (including phenoxy) is 1. The summed E-state index contributed by atoms with van der Waals surface area (Å²) in [5.74, 6) is 0.378. The minimum absolute atomic E-state index is 0.115. The maximum atomic E-state index is 13.9. The predicted octanol–water partition coefficient (Wildman–Crippen LogP) is 2.60. The van der Waals surface area contributed by atoms with Gasteiger partial charge in [0.1, 0.15) is 11.6 Å². The highest BCUT2D eigenvalue weighted by atomic mass is 19.1. The van der Waals surface area contributed by atoms with Gasteiger partial charge in [-0.3, -0.25) is 0 Å². The Bertz CT molecular complexity index is 394. The second-order valence-electron chi connectivity index (χ2n) is 4.91. The number of nitrogens with two attached hydrogens (primary N) is 1. The topological polar surface area (TPSA) is 35.2 Å². The fraction of sp³-hybridized carbons (Fsp3) is 0.538. The van der Waals surface area contributed by atoms with Gasteiger partial charge in [0.05, 0.1) is 7.11 Å². The monoisotopic (exact) mass is 223 g/mol. The number of rotatable bonds is 2. The third kappa shape index (κ3) is 1.92. The molecule has 16 heavy (non-hydrogen) atoms. The van der Waals surface area contributed by atoms with E-state index in [4.69, 9.17) is 10.5 Å². The zero-order chi connectivity index (χ0) is 11.8. The lowest BCUT2D eigenvalue weighted by Gasteiger charge is -2.25. The Morgan fingerprint density at radius 1 is 1.50 bits per heavy atom. The number of methoxy groups -OCH3 is 1. The molecule has 1 aromatic rings. The van der Waals surface area contributed by atoms with Crippen molar-refractivity contribution in [1.82, 2.24) is 0 Å². The Morgan fingerprint density at radius 2 is 2.25 bits per heavy atom. The van der Waals surface area contributed by atoms with Crippen molar-refractivity contribution in [3.05, 3.63) is 29.6 Å². The minimum atomic E-state index is -0.184. The van der Waals surface area contributed by atoms with Gasteiger partial charge in [0, 0.05) is 12.1 Å². The van der Waals surface area contributed by atoms with Crippen LogP contribution in [0.25, 0.3) is 0 Å². The van der Waals surface area contributed by atoms with Gasteiger partial charge in [-0.25, -0.2) is 4.39 Å². The van der Waals surface area contributed by atoms with E-state index in [9.17, 15) is 4.39 Å². The highest BCUT2D eigenvalue weighted by Crippen LogP contribution is 2.41. The SMILES string of the molecule is COc1ccc(C2(C)CCC(N)C2)c(F)c1. The lowest BCUT2D eigenvalue weighted by Crippen LogP contribution is -2.23. The Balaban J connectivity index is 2.33. The van der Waals surface area contributed by atoms with E-state index in [2.05, 4.69) is 6.92 Å². The van der Waals surface area contributed by atoms with Crippen LogP contribution in [-0.4, -0.2) is 13.2 Å². The van der Waals surface area contributed by atoms with E-state index in [1.165, 1.54) is 6.07 Å². The summed E-state index contributed by atoms with van der Waals surface area (Å²) in [5, 5.41) is 0. The van der Waals surface area contributed by atoms with Crippen LogP contribution in [0.5, 0.6) is 5.75 Å². The lowest BCUT2D eigenvalue weighted by atomic mass is 9.80. The molecule has 0 aromatic heterocycles. The molecule has 2 N–H and O–H groups in total. The number of benzene rings is 1. The number of hydrogen-bond donors (Lipinski definition) is 1. The van der Waals surface area contributed by atoms with Gasteiger partial charge in [0.25, 0.3) is 0 Å². The van der Waals surface area contributed by atoms with Crippen LogP contribution in [0.15, 0.2) is 18.2 Å². The van der Waals surface area contributed by atoms with Crippen LogP contribution in [-0.2, 0) is 5.41 Å². The van der Waals surface area contributed by atoms with Crippen molar-refractivity contribution in [2.45, 2.75) is 37.6 Å². The molecule has 0 aliphatic heterocycles. The molecule has 0 heterocycles. The molecule has 1 saturated carbocycles. The van der Waals surface area contributed by atoms with Crippen molar-refractivity contribution >= 4 is 0 Å². The first-order valence-corrected chi connectivity index (χ1v) is 5.65. The average molecular weight is 223 g/mol. The molecule has 0 amide bonds. The second-order valence-corrected chi connectivity index (χ2v) is 4.91. The van der Waals surface area contributed by atoms with Crippen molar-refractivity contribution in [2.75, 3.05) is 7.11 Å². The Morgan fingerprint density at radius 3 is 2.75 bits per heavy atom. The third-order valence-electron chi connectivity index (χ3n) is 3.61. The fourth-order valence-corrected chi connectivity index (χ4v) is 2.64. The molecular formula is C13H18FNO. The zero-order valence-corrected chi connectivity index (χ0v) is 9.79. The summed E-state index contributed by atoms with van der Waals surface area (Å²) < 4.78 is 18.9. The first kappa shape index (κ1) is 11.4. The molecule has 1 aromatic carbocycles. The van der Waals surface area contributed by atoms with Gasteiger partial charge in [-0.15, -0.1) is 0 Å². The first-order chi connectivity index (χ1) is 7.55. The van der Waals surface area contributed by atoms with E-state index in [1.807, 2.05) is 12.1 Å². The van der Waals surface area contributed by atoms with Gasteiger partial charge >= 0.3 is 0 Å². The summed E-state index contributed by atoms with van der Waals surface area (Å²) in [5.41, 5.74) is 6.56. The molecule has 0 bridgehead atoms. The molecule has 1 fully saturated rings. The molecule has 2 nitrogen and oxygen atoms in total. The fourth-order valence-electron chi connectivity index (χ4n) is 2.64. The molecule has 0 saturated heterocycles. The normalized spacial score (nSPS) is 29.4. The van der Waals surface area contributed by atoms with Crippen molar-refractivity contribution in [2.24, 2.45) is 5.73 Å². The maximum absolute atomic E-state index is 13.9. The van der Waals surface area contributed by atoms with Gasteiger partial charge in [0.15, 0.2) is 0 Å². The molecule has 2 atom stereocenters. The number of halogens is 1. The molecular weight excluding hydrogens is 205 g/mol. The molecule has 3 heteroatoms. The van der Waals surface area contributed by atoms with E-state index in [1.54, 1.807) is 7.11 Å². The Kier molecular flexibility index (Phi) is 2.89. The van der Waals surface area contributed by atoms with Crippen LogP contribution in [0.3, 0.4) is 0 Å². The molecule has 2 unspecified atom stereocenters. The van der Waals surface area contributed by atoms with Crippen LogP contribution in [0.4, 0.5) is 4.39 Å². The average Bonchev–Trinajstić information content (AvgIpc) is 2.59. The van der Waals surface area contributed by atoms with E-state index in [-0.39, 0.29) is 17.3 Å². The molecule has 0 spiro atoms. The van der Waals surface area contributed by atoms with E-state index in [0.29, 0.717) is 5.75 Å². The molecule has 1 aliphatic carbocycles. The molecule has 1 aliphatic rings. The summed E-state index contributed by atoms with van der Waals surface area (Å²) in [4.78, 5) is 0. The van der Waals surface area contributed by atoms with Crippen molar-refractivity contribution < 1.29 is 9.13 Å². The summed E-state index contributed by atoms with van der Waals surface area (Å²) >= 11 is 0. The van der Waals surface area contributed by atoms with Crippen LogP contribution in [0, 0.1) is 5.82 Å². The minimum Gasteiger partial charge on any atom is -0.497 e. The largest absolute Gasteiger partial charge is 0.497 e. The van der Waals surface area contributed by atoms with Crippen molar-refractivity contribution in [3.8, 4) is 5.75 Å². The van der Waals surface area contributed by atoms with E-state index in [0.717, 1.165) is 24.8 Å². The predicted molar refractivity (Wildman–Crippen MR) is 62.1 cm³/mol. The summed E-state index contributed by atoms with van der Waals surface area (Å²) in [6.07, 6.45) is 2.79. The summed E-state index contributed by atoms with van der Waals surface area (Å²) in [6, 6.07) is 5.29. The maximum Gasteiger partial charge on any atom is 0.130 e. The van der Waals surface area contributed by atoms with Gasteiger partial charge in [0.2, 0.25) is 0 Å². The van der Waals surface area contributed by atoms with Crippen molar-refractivity contribution in [3.63, 3.8) is 0 Å². The van der Waals surface area contributed by atoms with Crippen molar-refractivity contribution in [1.29, 1.82) is 0 Å². The third-order valence-corrected chi connectivity index (χ3v) is 3.61. The summed E-state index contributed by atoms with van der Waals surface area (Å²) in [6.45, 7) is 2.09. The van der Waals surface area contributed by atoms with E-state index < -0.39 is 0 Å². The summed E-state index contributed by atoms with van der Waals surface area (Å²) in [7, 11) is 1.54. The zero-order valence-electron chi connectivity index (χ0n) is 9.79. The quantitative estimate of drug-likeness (QED) is 0.836. The van der Waals surface area contributed by atoms with Gasteiger partial charge in [-0.2, -0.15) is 0 Å². The van der Waals surface area contributed by atoms with Gasteiger partial charge in [-0.1, -0.05) is 13.0 Å². The number of hydrogen-bond acceptors (Lipinski definition) is 2. The van der Waals surface area contributed by atoms with Gasteiger partial charge in [-0.05, 0) is 36.3 Å². The first-order valence-electron chi connectivity index (χ1n) is 5.65. The van der Waals surface area contributed by atoms with E-state index >= 15 is 0 Å². The van der Waals surface area contributed by atoms with Crippen LogP contribution < -0.4 is 10.5 Å². The Hall–Kier alpha value is -1.09. The standard InChI is InChI=1S/C13H18FNO/c1-13(6-5-9(15)8-13)11-4-3-10(16-2)7-12(11)14/h3-4,7,9H,5-6,8,15H2,1-2H3. The highest BCUT2D eigenvalue weighted by Gasteiger charge is 2.36. The van der Waals surface area contributed by atoms with Crippen LogP contribution >= 0.6 is 0 Å².